The van der Waals surface area contributed by atoms with Gasteiger partial charge in [0.05, 0.1) is 0 Å². The van der Waals surface area contributed by atoms with Crippen molar-refractivity contribution in [1.29, 1.82) is 0 Å². The third-order valence-electron chi connectivity index (χ3n) is 4.31. The van der Waals surface area contributed by atoms with E-state index in [1.165, 1.54) is 19.3 Å². The van der Waals surface area contributed by atoms with Gasteiger partial charge in [0.25, 0.3) is 0 Å². The van der Waals surface area contributed by atoms with Crippen LogP contribution in [0.15, 0.2) is 0 Å². The Hall–Kier alpha value is -0.240. The number of amides is 1. The average Bonchev–Trinajstić information content (AvgIpc) is 2.91. The molecule has 0 aromatic carbocycles. The molecule has 16 heavy (non-hydrogen) atoms. The fraction of sp³-hybridized carbons (Fsp3) is 0.923. The molecule has 3 atom stereocenters. The fourth-order valence-electron chi connectivity index (χ4n) is 3.46. The van der Waals surface area contributed by atoms with E-state index >= 15 is 0 Å². The van der Waals surface area contributed by atoms with Gasteiger partial charge in [0.2, 0.25) is 5.91 Å². The number of carbonyl (C=O) groups excluding carboxylic acids is 1. The van der Waals surface area contributed by atoms with Crippen molar-refractivity contribution in [2.45, 2.75) is 39.0 Å². The Bertz CT molecular complexity index is 256. The van der Waals surface area contributed by atoms with Crippen LogP contribution in [0, 0.1) is 17.8 Å². The minimum absolute atomic E-state index is 0.342. The highest BCUT2D eigenvalue weighted by Gasteiger charge is 2.44. The molecule has 2 aliphatic rings. The van der Waals surface area contributed by atoms with Crippen molar-refractivity contribution >= 4 is 17.5 Å². The molecule has 3 unspecified atom stereocenters. The van der Waals surface area contributed by atoms with Gasteiger partial charge in [-0.2, -0.15) is 0 Å². The van der Waals surface area contributed by atoms with Crippen LogP contribution in [0.5, 0.6) is 0 Å². The molecule has 2 aliphatic carbocycles. The number of rotatable bonds is 5. The summed E-state index contributed by atoms with van der Waals surface area (Å²) in [7, 11) is 0. The third kappa shape index (κ3) is 2.37. The zero-order chi connectivity index (χ0) is 11.5. The molecule has 3 heteroatoms. The molecule has 0 saturated heterocycles. The maximum absolute atomic E-state index is 12.4. The second-order valence-electron chi connectivity index (χ2n) is 5.24. The summed E-state index contributed by atoms with van der Waals surface area (Å²) in [5.41, 5.74) is 0. The van der Waals surface area contributed by atoms with Crippen molar-refractivity contribution < 1.29 is 4.79 Å². The lowest BCUT2D eigenvalue weighted by Gasteiger charge is -2.28. The zero-order valence-electron chi connectivity index (χ0n) is 10.1. The lowest BCUT2D eigenvalue weighted by atomic mass is 9.87. The summed E-state index contributed by atoms with van der Waals surface area (Å²) in [4.78, 5) is 14.4. The van der Waals surface area contributed by atoms with Crippen LogP contribution in [0.2, 0.25) is 0 Å². The van der Waals surface area contributed by atoms with E-state index in [0.717, 1.165) is 31.8 Å². The first-order valence-electron chi connectivity index (χ1n) is 6.61. The fourth-order valence-corrected chi connectivity index (χ4v) is 3.58. The van der Waals surface area contributed by atoms with E-state index in [9.17, 15) is 4.79 Å². The monoisotopic (exact) mass is 243 g/mol. The number of hydrogen-bond donors (Lipinski definition) is 0. The van der Waals surface area contributed by atoms with Gasteiger partial charge in [0, 0.05) is 24.9 Å². The van der Waals surface area contributed by atoms with Crippen LogP contribution in [0.3, 0.4) is 0 Å². The Morgan fingerprint density at radius 3 is 2.69 bits per heavy atom. The molecule has 1 amide bonds. The highest BCUT2D eigenvalue weighted by atomic mass is 35.5. The molecule has 0 aliphatic heterocycles. The Morgan fingerprint density at radius 1 is 1.38 bits per heavy atom. The van der Waals surface area contributed by atoms with Gasteiger partial charge in [0.1, 0.15) is 0 Å². The smallest absolute Gasteiger partial charge is 0.225 e. The predicted molar refractivity (Wildman–Crippen MR) is 66.5 cm³/mol. The second kappa shape index (κ2) is 5.39. The van der Waals surface area contributed by atoms with Crippen molar-refractivity contribution in [1.82, 2.24) is 4.90 Å². The normalized spacial score (nSPS) is 32.0. The van der Waals surface area contributed by atoms with Crippen molar-refractivity contribution in [3.8, 4) is 0 Å². The standard InChI is InChI=1S/C13H22ClNO/c1-2-15(7-3-6-14)13(16)12-9-10-4-5-11(12)8-10/h10-12H,2-9H2,1H3. The van der Waals surface area contributed by atoms with Gasteiger partial charge in [-0.3, -0.25) is 4.79 Å². The predicted octanol–water partition coefficient (Wildman–Crippen LogP) is 2.90. The molecule has 2 saturated carbocycles. The maximum Gasteiger partial charge on any atom is 0.225 e. The number of fused-ring (bicyclic) bond motifs is 2. The molecule has 0 N–H and O–H groups in total. The SMILES string of the molecule is CCN(CCCCl)C(=O)C1CC2CCC1C2. The summed E-state index contributed by atoms with van der Waals surface area (Å²) in [6.07, 6.45) is 6.03. The number of nitrogens with zero attached hydrogens (tertiary/aromatic N) is 1. The highest BCUT2D eigenvalue weighted by molar-refractivity contribution is 6.17. The summed E-state index contributed by atoms with van der Waals surface area (Å²) in [5.74, 6) is 2.95. The van der Waals surface area contributed by atoms with Crippen molar-refractivity contribution in [3.63, 3.8) is 0 Å². The molecule has 0 aromatic rings. The van der Waals surface area contributed by atoms with Crippen molar-refractivity contribution in [3.05, 3.63) is 0 Å². The molecule has 0 radical (unpaired) electrons. The van der Waals surface area contributed by atoms with E-state index in [-0.39, 0.29) is 0 Å². The lowest BCUT2D eigenvalue weighted by Crippen LogP contribution is -2.38. The van der Waals surface area contributed by atoms with Gasteiger partial charge in [-0.15, -0.1) is 11.6 Å². The Labute approximate surface area is 103 Å². The molecule has 2 rings (SSSR count). The second-order valence-corrected chi connectivity index (χ2v) is 5.62. The highest BCUT2D eigenvalue weighted by Crippen LogP contribution is 2.48. The molecule has 2 bridgehead atoms. The van der Waals surface area contributed by atoms with Crippen LogP contribution in [0.25, 0.3) is 0 Å². The first-order chi connectivity index (χ1) is 7.76. The molecule has 0 spiro atoms. The largest absolute Gasteiger partial charge is 0.343 e. The molecular weight excluding hydrogens is 222 g/mol. The van der Waals surface area contributed by atoms with Crippen molar-refractivity contribution in [2.24, 2.45) is 17.8 Å². The molecule has 92 valence electrons. The molecule has 0 heterocycles. The molecule has 2 fully saturated rings. The lowest BCUT2D eigenvalue weighted by molar-refractivity contribution is -0.137. The van der Waals surface area contributed by atoms with Gasteiger partial charge in [0.15, 0.2) is 0 Å². The van der Waals surface area contributed by atoms with E-state index in [2.05, 4.69) is 6.92 Å². The van der Waals surface area contributed by atoms with Gasteiger partial charge < -0.3 is 4.90 Å². The molecular formula is C13H22ClNO. The van der Waals surface area contributed by atoms with Crippen LogP contribution < -0.4 is 0 Å². The Kier molecular flexibility index (Phi) is 4.12. The van der Waals surface area contributed by atoms with Gasteiger partial charge in [-0.05, 0) is 44.4 Å². The first kappa shape index (κ1) is 12.2. The summed E-state index contributed by atoms with van der Waals surface area (Å²) >= 11 is 5.69. The third-order valence-corrected chi connectivity index (χ3v) is 4.58. The Balaban J connectivity index is 1.90. The van der Waals surface area contributed by atoms with E-state index in [0.29, 0.717) is 23.6 Å². The minimum atomic E-state index is 0.342. The summed E-state index contributed by atoms with van der Waals surface area (Å²) in [5, 5.41) is 0. The van der Waals surface area contributed by atoms with E-state index in [4.69, 9.17) is 11.6 Å². The van der Waals surface area contributed by atoms with Crippen LogP contribution in [0.4, 0.5) is 0 Å². The Morgan fingerprint density at radius 2 is 2.19 bits per heavy atom. The van der Waals surface area contributed by atoms with E-state index in [1.807, 2.05) is 4.90 Å². The summed E-state index contributed by atoms with van der Waals surface area (Å²) in [6, 6.07) is 0. The zero-order valence-corrected chi connectivity index (χ0v) is 10.9. The van der Waals surface area contributed by atoms with Crippen LogP contribution in [-0.4, -0.2) is 29.8 Å². The average molecular weight is 244 g/mol. The minimum Gasteiger partial charge on any atom is -0.343 e. The summed E-state index contributed by atoms with van der Waals surface area (Å²) < 4.78 is 0. The van der Waals surface area contributed by atoms with Crippen LogP contribution in [-0.2, 0) is 4.79 Å². The quantitative estimate of drug-likeness (QED) is 0.680. The van der Waals surface area contributed by atoms with Gasteiger partial charge in [-0.1, -0.05) is 6.42 Å². The maximum atomic E-state index is 12.4. The van der Waals surface area contributed by atoms with E-state index < -0.39 is 0 Å². The number of carbonyl (C=O) groups is 1. The van der Waals surface area contributed by atoms with Crippen molar-refractivity contribution in [2.75, 3.05) is 19.0 Å². The van der Waals surface area contributed by atoms with Crippen LogP contribution in [0.1, 0.15) is 39.0 Å². The topological polar surface area (TPSA) is 20.3 Å². The first-order valence-corrected chi connectivity index (χ1v) is 7.14. The summed E-state index contributed by atoms with van der Waals surface area (Å²) in [6.45, 7) is 3.75. The van der Waals surface area contributed by atoms with Gasteiger partial charge in [-0.25, -0.2) is 0 Å². The van der Waals surface area contributed by atoms with Gasteiger partial charge >= 0.3 is 0 Å². The molecule has 2 nitrogen and oxygen atoms in total. The molecule has 0 aromatic heterocycles. The number of alkyl halides is 1. The van der Waals surface area contributed by atoms with E-state index in [1.54, 1.807) is 0 Å². The van der Waals surface area contributed by atoms with Crippen LogP contribution >= 0.6 is 11.6 Å². The number of halogens is 1. The number of hydrogen-bond acceptors (Lipinski definition) is 1.